The molecule has 0 atom stereocenters. The number of hydrogen-bond donors (Lipinski definition) is 1. The molecule has 3 aromatic rings. The van der Waals surface area contributed by atoms with Crippen LogP contribution in [0.3, 0.4) is 0 Å². The van der Waals surface area contributed by atoms with Crippen molar-refractivity contribution in [2.24, 2.45) is 4.99 Å². The molecular formula is C22H14FN3O. The summed E-state index contributed by atoms with van der Waals surface area (Å²) < 4.78 is 13.5. The lowest BCUT2D eigenvalue weighted by Gasteiger charge is -2.08. The van der Waals surface area contributed by atoms with Crippen LogP contribution in [0.5, 0.6) is 0 Å². The smallest absolute Gasteiger partial charge is 0.230 e. The van der Waals surface area contributed by atoms with Crippen molar-refractivity contribution in [2.45, 2.75) is 6.42 Å². The molecule has 1 heterocycles. The van der Waals surface area contributed by atoms with Crippen LogP contribution in [0.1, 0.15) is 17.5 Å². The zero-order valence-electron chi connectivity index (χ0n) is 14.2. The number of rotatable bonds is 2. The number of anilines is 1. The summed E-state index contributed by atoms with van der Waals surface area (Å²) in [5.74, 6) is -0.504. The fourth-order valence-corrected chi connectivity index (χ4v) is 3.05. The molecule has 0 bridgehead atoms. The third-order valence-corrected chi connectivity index (χ3v) is 4.34. The van der Waals surface area contributed by atoms with Crippen molar-refractivity contribution in [3.05, 3.63) is 83.7 Å². The fourth-order valence-electron chi connectivity index (χ4n) is 3.05. The lowest BCUT2D eigenvalue weighted by Crippen LogP contribution is -2.15. The Hall–Kier alpha value is -3.78. The van der Waals surface area contributed by atoms with E-state index in [-0.39, 0.29) is 18.1 Å². The van der Waals surface area contributed by atoms with E-state index < -0.39 is 0 Å². The second-order valence-corrected chi connectivity index (χ2v) is 6.22. The fraction of sp³-hybridized carbons (Fsp3) is 0.0455. The Labute approximate surface area is 155 Å². The van der Waals surface area contributed by atoms with Crippen molar-refractivity contribution in [3.8, 4) is 17.2 Å². The Morgan fingerprint density at radius 3 is 2.56 bits per heavy atom. The molecule has 27 heavy (non-hydrogen) atoms. The van der Waals surface area contributed by atoms with E-state index in [9.17, 15) is 9.18 Å². The first-order valence-corrected chi connectivity index (χ1v) is 8.40. The predicted octanol–water partition coefficient (Wildman–Crippen LogP) is 4.83. The number of nitrogens with zero attached hydrogens (tertiary/aromatic N) is 2. The van der Waals surface area contributed by atoms with Gasteiger partial charge in [-0.15, -0.1) is 0 Å². The molecule has 5 heteroatoms. The van der Waals surface area contributed by atoms with Crippen LogP contribution in [-0.2, 0) is 4.79 Å². The van der Waals surface area contributed by atoms with Gasteiger partial charge in [0.1, 0.15) is 5.82 Å². The Balaban J connectivity index is 1.78. The first-order valence-electron chi connectivity index (χ1n) is 8.40. The molecule has 3 aromatic carbocycles. The third kappa shape index (κ3) is 3.46. The molecular weight excluding hydrogens is 341 g/mol. The summed E-state index contributed by atoms with van der Waals surface area (Å²) in [7, 11) is 0. The third-order valence-electron chi connectivity index (χ3n) is 4.34. The maximum atomic E-state index is 13.5. The Morgan fingerprint density at radius 2 is 1.74 bits per heavy atom. The molecule has 1 N–H and O–H groups in total. The number of nitrogens with one attached hydrogen (secondary N) is 1. The highest BCUT2D eigenvalue weighted by molar-refractivity contribution is 6.17. The van der Waals surface area contributed by atoms with E-state index in [1.54, 1.807) is 36.4 Å². The molecule has 1 aliphatic rings. The van der Waals surface area contributed by atoms with Crippen LogP contribution in [0, 0.1) is 17.1 Å². The first-order chi connectivity index (χ1) is 13.1. The Kier molecular flexibility index (Phi) is 4.23. The molecule has 0 aromatic heterocycles. The Morgan fingerprint density at radius 1 is 0.963 bits per heavy atom. The van der Waals surface area contributed by atoms with Crippen LogP contribution < -0.4 is 5.32 Å². The highest BCUT2D eigenvalue weighted by atomic mass is 19.1. The van der Waals surface area contributed by atoms with E-state index in [4.69, 9.17) is 5.26 Å². The Bertz CT molecular complexity index is 1130. The number of amides is 1. The summed E-state index contributed by atoms with van der Waals surface area (Å²) >= 11 is 0. The molecule has 0 radical (unpaired) electrons. The first kappa shape index (κ1) is 16.7. The minimum absolute atomic E-state index is 0.110. The summed E-state index contributed by atoms with van der Waals surface area (Å²) in [6, 6.07) is 20.9. The molecule has 0 unspecified atom stereocenters. The summed E-state index contributed by atoms with van der Waals surface area (Å²) in [4.78, 5) is 17.0. The van der Waals surface area contributed by atoms with Gasteiger partial charge in [0.05, 0.1) is 35.1 Å². The average molecular weight is 355 g/mol. The molecule has 4 nitrogen and oxygen atoms in total. The van der Waals surface area contributed by atoms with Gasteiger partial charge < -0.3 is 5.32 Å². The zero-order valence-corrected chi connectivity index (χ0v) is 14.2. The topological polar surface area (TPSA) is 65.2 Å². The van der Waals surface area contributed by atoms with Crippen molar-refractivity contribution < 1.29 is 9.18 Å². The van der Waals surface area contributed by atoms with Crippen molar-refractivity contribution in [1.29, 1.82) is 5.26 Å². The highest BCUT2D eigenvalue weighted by Gasteiger charge is 2.18. The summed E-state index contributed by atoms with van der Waals surface area (Å²) in [5.41, 5.74) is 4.57. The van der Waals surface area contributed by atoms with Gasteiger partial charge in [0.2, 0.25) is 5.91 Å². The quantitative estimate of drug-likeness (QED) is 0.716. The lowest BCUT2D eigenvalue weighted by molar-refractivity contribution is -0.115. The largest absolute Gasteiger partial charge is 0.324 e. The second-order valence-electron chi connectivity index (χ2n) is 6.22. The van der Waals surface area contributed by atoms with E-state index in [1.165, 1.54) is 12.1 Å². The van der Waals surface area contributed by atoms with Crippen LogP contribution in [0.4, 0.5) is 15.8 Å². The monoisotopic (exact) mass is 355 g/mol. The van der Waals surface area contributed by atoms with Gasteiger partial charge in [-0.2, -0.15) is 5.26 Å². The molecule has 0 fully saturated rings. The van der Waals surface area contributed by atoms with E-state index in [0.29, 0.717) is 22.6 Å². The molecule has 0 spiro atoms. The van der Waals surface area contributed by atoms with Gasteiger partial charge >= 0.3 is 0 Å². The van der Waals surface area contributed by atoms with Gasteiger partial charge in [0.15, 0.2) is 0 Å². The minimum Gasteiger partial charge on any atom is -0.324 e. The van der Waals surface area contributed by atoms with E-state index in [0.717, 1.165) is 16.7 Å². The maximum Gasteiger partial charge on any atom is 0.230 e. The molecule has 1 amide bonds. The van der Waals surface area contributed by atoms with Gasteiger partial charge in [-0.25, -0.2) is 4.39 Å². The average Bonchev–Trinajstić information content (AvgIpc) is 2.85. The van der Waals surface area contributed by atoms with Crippen molar-refractivity contribution >= 4 is 23.0 Å². The molecule has 0 aliphatic carbocycles. The van der Waals surface area contributed by atoms with E-state index >= 15 is 0 Å². The number of hydrogen-bond acceptors (Lipinski definition) is 3. The molecule has 0 saturated heterocycles. The van der Waals surface area contributed by atoms with E-state index in [1.807, 2.05) is 18.2 Å². The summed E-state index contributed by atoms with van der Waals surface area (Å²) in [5, 5.41) is 12.0. The maximum absolute atomic E-state index is 13.5. The molecule has 130 valence electrons. The predicted molar refractivity (Wildman–Crippen MR) is 102 cm³/mol. The van der Waals surface area contributed by atoms with Crippen LogP contribution in [0.25, 0.3) is 11.1 Å². The molecule has 0 saturated carbocycles. The summed E-state index contributed by atoms with van der Waals surface area (Å²) in [6.45, 7) is 0. The highest BCUT2D eigenvalue weighted by Crippen LogP contribution is 2.33. The lowest BCUT2D eigenvalue weighted by atomic mass is 10.0. The number of aliphatic imine (C=N–C) groups is 1. The van der Waals surface area contributed by atoms with Crippen molar-refractivity contribution in [3.63, 3.8) is 0 Å². The number of carbonyl (C=O) groups is 1. The molecule has 1 aliphatic heterocycles. The van der Waals surface area contributed by atoms with Gasteiger partial charge in [-0.3, -0.25) is 9.79 Å². The summed E-state index contributed by atoms with van der Waals surface area (Å²) in [6.07, 6.45) is 0.110. The number of halogens is 1. The van der Waals surface area contributed by atoms with Gasteiger partial charge in [-0.05, 0) is 53.1 Å². The second kappa shape index (κ2) is 6.85. The minimum atomic E-state index is -0.316. The van der Waals surface area contributed by atoms with Crippen LogP contribution in [0.2, 0.25) is 0 Å². The number of fused-ring (bicyclic) bond motifs is 1. The van der Waals surface area contributed by atoms with Crippen LogP contribution >= 0.6 is 0 Å². The normalized spacial score (nSPS) is 13.0. The van der Waals surface area contributed by atoms with Gasteiger partial charge in [-0.1, -0.05) is 30.3 Å². The van der Waals surface area contributed by atoms with E-state index in [2.05, 4.69) is 16.4 Å². The van der Waals surface area contributed by atoms with Gasteiger partial charge in [0.25, 0.3) is 0 Å². The van der Waals surface area contributed by atoms with Crippen LogP contribution in [0.15, 0.2) is 71.7 Å². The van der Waals surface area contributed by atoms with Gasteiger partial charge in [0, 0.05) is 0 Å². The van der Waals surface area contributed by atoms with Crippen molar-refractivity contribution in [1.82, 2.24) is 0 Å². The van der Waals surface area contributed by atoms with Crippen LogP contribution in [-0.4, -0.2) is 11.6 Å². The number of carbonyl (C=O) groups excluding carboxylic acids is 1. The van der Waals surface area contributed by atoms with Crippen molar-refractivity contribution in [2.75, 3.05) is 5.32 Å². The number of benzene rings is 3. The zero-order chi connectivity index (χ0) is 18.8. The SMILES string of the molecule is N#Cc1cccc(C2=Nc3ccc(-c4cccc(F)c4)cc3NC(=O)C2)c1. The molecule has 4 rings (SSSR count). The standard InChI is InChI=1S/C22H14FN3O/c23-18-6-2-4-15(10-18)16-7-8-19-21(11-16)26-22(27)12-20(25-19)17-5-1-3-14(9-17)13-24/h1-11H,12H2,(H,26,27). The number of nitriles is 1.